The van der Waals surface area contributed by atoms with Crippen LogP contribution in [0.25, 0.3) is 22.4 Å². The van der Waals surface area contributed by atoms with Crippen LogP contribution in [0.1, 0.15) is 16.1 Å². The van der Waals surface area contributed by atoms with Crippen molar-refractivity contribution in [1.29, 1.82) is 5.26 Å². The molecule has 0 unspecified atom stereocenters. The zero-order valence-electron chi connectivity index (χ0n) is 15.8. The third kappa shape index (κ3) is 4.01. The minimum atomic E-state index is -0.567. The number of pyridine rings is 2. The van der Waals surface area contributed by atoms with Gasteiger partial charge in [0.25, 0.3) is 5.91 Å². The van der Waals surface area contributed by atoms with Crippen molar-refractivity contribution in [3.8, 4) is 40.0 Å². The summed E-state index contributed by atoms with van der Waals surface area (Å²) in [6.45, 7) is 0. The van der Waals surface area contributed by atoms with Crippen molar-refractivity contribution < 1.29 is 9.53 Å². The predicted molar refractivity (Wildman–Crippen MR) is 113 cm³/mol. The van der Waals surface area contributed by atoms with E-state index < -0.39 is 5.91 Å². The SMILES string of the molecule is N#Cc1ccc(Oc2ccc(-c3cccc(C(N)=O)n3)cc2)cc1-c1ccncc1. The van der Waals surface area contributed by atoms with E-state index in [1.165, 1.54) is 0 Å². The highest BCUT2D eigenvalue weighted by atomic mass is 16.5. The maximum absolute atomic E-state index is 11.3. The highest BCUT2D eigenvalue weighted by Crippen LogP contribution is 2.31. The van der Waals surface area contributed by atoms with E-state index >= 15 is 0 Å². The minimum Gasteiger partial charge on any atom is -0.457 e. The molecule has 0 aliphatic carbocycles. The number of carbonyl (C=O) groups excluding carboxylic acids is 1. The van der Waals surface area contributed by atoms with Gasteiger partial charge in [-0.05, 0) is 72.3 Å². The second-order valence-electron chi connectivity index (χ2n) is 6.45. The molecule has 2 aromatic heterocycles. The van der Waals surface area contributed by atoms with Gasteiger partial charge in [0, 0.05) is 23.5 Å². The van der Waals surface area contributed by atoms with E-state index in [4.69, 9.17) is 10.5 Å². The number of hydrogen-bond donors (Lipinski definition) is 1. The molecule has 0 aliphatic rings. The van der Waals surface area contributed by atoms with Crippen molar-refractivity contribution in [3.05, 3.63) is 96.4 Å². The van der Waals surface area contributed by atoms with E-state index in [1.54, 1.807) is 36.7 Å². The summed E-state index contributed by atoms with van der Waals surface area (Å²) in [4.78, 5) is 19.6. The van der Waals surface area contributed by atoms with Gasteiger partial charge in [0.15, 0.2) is 0 Å². The van der Waals surface area contributed by atoms with Crippen molar-refractivity contribution in [2.24, 2.45) is 5.73 Å². The third-order valence-corrected chi connectivity index (χ3v) is 4.49. The summed E-state index contributed by atoms with van der Waals surface area (Å²) >= 11 is 0. The number of rotatable bonds is 5. The number of ether oxygens (including phenoxy) is 1. The molecule has 0 spiro atoms. The van der Waals surface area contributed by atoms with Crippen LogP contribution >= 0.6 is 0 Å². The molecule has 4 aromatic rings. The Bertz CT molecular complexity index is 1250. The first-order valence-corrected chi connectivity index (χ1v) is 9.14. The Labute approximate surface area is 173 Å². The summed E-state index contributed by atoms with van der Waals surface area (Å²) < 4.78 is 5.97. The molecule has 6 nitrogen and oxygen atoms in total. The molecule has 30 heavy (non-hydrogen) atoms. The van der Waals surface area contributed by atoms with Crippen LogP contribution in [0, 0.1) is 11.3 Å². The molecule has 0 aliphatic heterocycles. The van der Waals surface area contributed by atoms with Crippen LogP contribution in [-0.4, -0.2) is 15.9 Å². The number of hydrogen-bond acceptors (Lipinski definition) is 5. The molecule has 0 atom stereocenters. The van der Waals surface area contributed by atoms with E-state index in [2.05, 4.69) is 16.0 Å². The van der Waals surface area contributed by atoms with Crippen LogP contribution < -0.4 is 10.5 Å². The second kappa shape index (κ2) is 8.25. The van der Waals surface area contributed by atoms with Gasteiger partial charge in [0.05, 0.1) is 17.3 Å². The molecular formula is C24H16N4O2. The third-order valence-electron chi connectivity index (χ3n) is 4.49. The fraction of sp³-hybridized carbons (Fsp3) is 0. The fourth-order valence-corrected chi connectivity index (χ4v) is 3.02. The molecule has 0 saturated carbocycles. The number of carbonyl (C=O) groups is 1. The molecule has 0 fully saturated rings. The van der Waals surface area contributed by atoms with Crippen molar-refractivity contribution in [1.82, 2.24) is 9.97 Å². The summed E-state index contributed by atoms with van der Waals surface area (Å²) in [6, 6.07) is 23.7. The molecular weight excluding hydrogens is 376 g/mol. The highest BCUT2D eigenvalue weighted by Gasteiger charge is 2.09. The lowest BCUT2D eigenvalue weighted by Crippen LogP contribution is -2.12. The number of benzene rings is 2. The summed E-state index contributed by atoms with van der Waals surface area (Å²) in [5.41, 5.74) is 9.23. The highest BCUT2D eigenvalue weighted by molar-refractivity contribution is 5.91. The van der Waals surface area contributed by atoms with Crippen molar-refractivity contribution in [3.63, 3.8) is 0 Å². The topological polar surface area (TPSA) is 102 Å². The number of aromatic nitrogens is 2. The Morgan fingerprint density at radius 1 is 0.900 bits per heavy atom. The van der Waals surface area contributed by atoms with E-state index in [-0.39, 0.29) is 5.69 Å². The van der Waals surface area contributed by atoms with Crippen LogP contribution in [0.4, 0.5) is 0 Å². The molecule has 6 heteroatoms. The fourth-order valence-electron chi connectivity index (χ4n) is 3.02. The Balaban J connectivity index is 1.59. The molecule has 0 radical (unpaired) electrons. The first kappa shape index (κ1) is 18.8. The summed E-state index contributed by atoms with van der Waals surface area (Å²) in [7, 11) is 0. The maximum atomic E-state index is 11.3. The summed E-state index contributed by atoms with van der Waals surface area (Å²) in [5, 5.41) is 9.41. The number of nitrogens with zero attached hydrogens (tertiary/aromatic N) is 3. The average Bonchev–Trinajstić information content (AvgIpc) is 2.80. The van der Waals surface area contributed by atoms with Crippen molar-refractivity contribution in [2.75, 3.05) is 0 Å². The van der Waals surface area contributed by atoms with Gasteiger partial charge in [-0.15, -0.1) is 0 Å². The molecule has 4 rings (SSSR count). The first-order valence-electron chi connectivity index (χ1n) is 9.14. The van der Waals surface area contributed by atoms with Crippen LogP contribution in [0.5, 0.6) is 11.5 Å². The van der Waals surface area contributed by atoms with E-state index in [0.29, 0.717) is 22.8 Å². The predicted octanol–water partition coefficient (Wildman–Crippen LogP) is 4.57. The lowest BCUT2D eigenvalue weighted by atomic mass is 10.0. The number of primary amides is 1. The molecule has 2 N–H and O–H groups in total. The Morgan fingerprint density at radius 3 is 2.33 bits per heavy atom. The number of amides is 1. The van der Waals surface area contributed by atoms with Crippen molar-refractivity contribution in [2.45, 2.75) is 0 Å². The lowest BCUT2D eigenvalue weighted by Gasteiger charge is -2.10. The van der Waals surface area contributed by atoms with Gasteiger partial charge in [0.1, 0.15) is 17.2 Å². The van der Waals surface area contributed by atoms with E-state index in [9.17, 15) is 10.1 Å². The molecule has 1 amide bonds. The van der Waals surface area contributed by atoms with E-state index in [1.807, 2.05) is 48.5 Å². The molecule has 144 valence electrons. The van der Waals surface area contributed by atoms with Crippen LogP contribution in [-0.2, 0) is 0 Å². The van der Waals surface area contributed by atoms with E-state index in [0.717, 1.165) is 16.7 Å². The molecule has 0 saturated heterocycles. The normalized spacial score (nSPS) is 10.2. The number of nitrogens with two attached hydrogens (primary N) is 1. The van der Waals surface area contributed by atoms with Gasteiger partial charge >= 0.3 is 0 Å². The van der Waals surface area contributed by atoms with Crippen LogP contribution in [0.3, 0.4) is 0 Å². The Kier molecular flexibility index (Phi) is 5.18. The van der Waals surface area contributed by atoms with Gasteiger partial charge in [-0.3, -0.25) is 9.78 Å². The average molecular weight is 392 g/mol. The quantitative estimate of drug-likeness (QED) is 0.536. The first-order chi connectivity index (χ1) is 14.6. The monoisotopic (exact) mass is 392 g/mol. The standard InChI is InChI=1S/C24H16N4O2/c25-15-18-6-9-20(14-21(18)16-10-12-27-13-11-16)30-19-7-4-17(5-8-19)22-2-1-3-23(28-22)24(26)29/h1-14H,(H2,26,29). The molecule has 0 bridgehead atoms. The Hall–Kier alpha value is -4.50. The zero-order valence-corrected chi connectivity index (χ0v) is 15.8. The smallest absolute Gasteiger partial charge is 0.267 e. The van der Waals surface area contributed by atoms with Crippen LogP contribution in [0.2, 0.25) is 0 Å². The maximum Gasteiger partial charge on any atom is 0.267 e. The summed E-state index contributed by atoms with van der Waals surface area (Å²) in [5.74, 6) is 0.681. The van der Waals surface area contributed by atoms with Gasteiger partial charge in [-0.2, -0.15) is 5.26 Å². The number of nitriles is 1. The Morgan fingerprint density at radius 2 is 1.63 bits per heavy atom. The second-order valence-corrected chi connectivity index (χ2v) is 6.45. The van der Waals surface area contributed by atoms with Crippen molar-refractivity contribution >= 4 is 5.91 Å². The van der Waals surface area contributed by atoms with Gasteiger partial charge in [0.2, 0.25) is 0 Å². The summed E-state index contributed by atoms with van der Waals surface area (Å²) in [6.07, 6.45) is 3.37. The van der Waals surface area contributed by atoms with Gasteiger partial charge < -0.3 is 10.5 Å². The van der Waals surface area contributed by atoms with Gasteiger partial charge in [-0.25, -0.2) is 4.98 Å². The molecule has 2 heterocycles. The molecule has 2 aromatic carbocycles. The zero-order chi connectivity index (χ0) is 20.9. The minimum absolute atomic E-state index is 0.217. The lowest BCUT2D eigenvalue weighted by molar-refractivity contribution is 0.0995. The van der Waals surface area contributed by atoms with Gasteiger partial charge in [-0.1, -0.05) is 6.07 Å². The van der Waals surface area contributed by atoms with Crippen LogP contribution in [0.15, 0.2) is 85.2 Å². The largest absolute Gasteiger partial charge is 0.457 e.